The molecule has 3 rings (SSSR count). The highest BCUT2D eigenvalue weighted by Gasteiger charge is 2.13. The van der Waals surface area contributed by atoms with E-state index in [0.29, 0.717) is 6.61 Å². The molecule has 5 nitrogen and oxygen atoms in total. The highest BCUT2D eigenvalue weighted by Crippen LogP contribution is 2.17. The second kappa shape index (κ2) is 6.63. The van der Waals surface area contributed by atoms with Crippen molar-refractivity contribution in [3.05, 3.63) is 36.9 Å². The number of hydrogen-bond acceptors (Lipinski definition) is 4. The van der Waals surface area contributed by atoms with E-state index in [-0.39, 0.29) is 6.29 Å². The maximum Gasteiger partial charge on any atom is 0.157 e. The molecule has 1 aliphatic heterocycles. The second-order valence-corrected chi connectivity index (χ2v) is 4.90. The van der Waals surface area contributed by atoms with E-state index >= 15 is 0 Å². The van der Waals surface area contributed by atoms with Crippen LogP contribution in [0.4, 0.5) is 0 Å². The summed E-state index contributed by atoms with van der Waals surface area (Å²) in [6.07, 6.45) is 10.8. The van der Waals surface area contributed by atoms with E-state index in [4.69, 9.17) is 9.47 Å². The molecule has 1 saturated heterocycles. The maximum atomic E-state index is 5.71. The van der Waals surface area contributed by atoms with Crippen LogP contribution in [0.5, 0.6) is 0 Å². The third-order valence-corrected chi connectivity index (χ3v) is 3.39. The Kier molecular flexibility index (Phi) is 4.40. The van der Waals surface area contributed by atoms with Gasteiger partial charge in [-0.25, -0.2) is 0 Å². The maximum absolute atomic E-state index is 5.71. The quantitative estimate of drug-likeness (QED) is 0.839. The fraction of sp³-hybridized carbons (Fsp3) is 0.467. The van der Waals surface area contributed by atoms with Crippen LogP contribution in [0, 0.1) is 0 Å². The molecule has 106 valence electrons. The lowest BCUT2D eigenvalue weighted by molar-refractivity contribution is -0.163. The Morgan fingerprint density at radius 2 is 2.30 bits per heavy atom. The summed E-state index contributed by atoms with van der Waals surface area (Å²) in [6, 6.07) is 3.96. The van der Waals surface area contributed by atoms with Crippen LogP contribution in [0.3, 0.4) is 0 Å². The number of ether oxygens (including phenoxy) is 2. The van der Waals surface area contributed by atoms with Gasteiger partial charge in [0, 0.05) is 36.3 Å². The lowest BCUT2D eigenvalue weighted by atomic mass is 10.2. The Morgan fingerprint density at radius 1 is 1.30 bits per heavy atom. The van der Waals surface area contributed by atoms with Crippen molar-refractivity contribution in [1.82, 2.24) is 14.8 Å². The first-order valence-corrected chi connectivity index (χ1v) is 7.08. The van der Waals surface area contributed by atoms with Crippen molar-refractivity contribution in [3.63, 3.8) is 0 Å². The summed E-state index contributed by atoms with van der Waals surface area (Å²) < 4.78 is 13.1. The van der Waals surface area contributed by atoms with Crippen molar-refractivity contribution < 1.29 is 9.47 Å². The monoisotopic (exact) mass is 273 g/mol. The lowest BCUT2D eigenvalue weighted by Crippen LogP contribution is -2.24. The smallest absolute Gasteiger partial charge is 0.157 e. The van der Waals surface area contributed by atoms with Crippen LogP contribution in [0.2, 0.25) is 0 Å². The molecule has 0 spiro atoms. The van der Waals surface area contributed by atoms with Crippen LogP contribution < -0.4 is 0 Å². The molecule has 0 radical (unpaired) electrons. The van der Waals surface area contributed by atoms with E-state index < -0.39 is 0 Å². The van der Waals surface area contributed by atoms with E-state index in [1.54, 1.807) is 6.20 Å². The van der Waals surface area contributed by atoms with Crippen molar-refractivity contribution >= 4 is 0 Å². The van der Waals surface area contributed by atoms with Crippen LogP contribution in [0.25, 0.3) is 11.1 Å². The Labute approximate surface area is 118 Å². The first-order valence-electron chi connectivity index (χ1n) is 7.08. The molecule has 0 aliphatic carbocycles. The summed E-state index contributed by atoms with van der Waals surface area (Å²) in [5.41, 5.74) is 2.15. The fourth-order valence-corrected chi connectivity index (χ4v) is 2.29. The van der Waals surface area contributed by atoms with Crippen molar-refractivity contribution in [2.24, 2.45) is 0 Å². The number of hydrogen-bond donors (Lipinski definition) is 0. The van der Waals surface area contributed by atoms with Gasteiger partial charge >= 0.3 is 0 Å². The summed E-state index contributed by atoms with van der Waals surface area (Å²) in [4.78, 5) is 4.12. The van der Waals surface area contributed by atoms with Gasteiger partial charge in [-0.05, 0) is 25.3 Å². The molecule has 20 heavy (non-hydrogen) atoms. The minimum absolute atomic E-state index is 0.0305. The first kappa shape index (κ1) is 13.3. The van der Waals surface area contributed by atoms with Gasteiger partial charge in [0.1, 0.15) is 0 Å². The molecule has 0 bridgehead atoms. The molecule has 3 heterocycles. The summed E-state index contributed by atoms with van der Waals surface area (Å²) in [5.74, 6) is 0. The van der Waals surface area contributed by atoms with Gasteiger partial charge < -0.3 is 9.47 Å². The van der Waals surface area contributed by atoms with Crippen molar-refractivity contribution in [1.29, 1.82) is 0 Å². The van der Waals surface area contributed by atoms with Crippen LogP contribution in [-0.2, 0) is 16.0 Å². The molecule has 2 aromatic heterocycles. The molecule has 0 saturated carbocycles. The Hall–Kier alpha value is -1.72. The topological polar surface area (TPSA) is 49.2 Å². The van der Waals surface area contributed by atoms with Crippen molar-refractivity contribution in [2.75, 3.05) is 13.2 Å². The van der Waals surface area contributed by atoms with E-state index in [1.165, 1.54) is 6.42 Å². The molecule has 0 N–H and O–H groups in total. The fourth-order valence-electron chi connectivity index (χ4n) is 2.29. The van der Waals surface area contributed by atoms with Gasteiger partial charge in [0.05, 0.1) is 19.3 Å². The normalized spacial score (nSPS) is 19.1. The molecule has 1 fully saturated rings. The minimum Gasteiger partial charge on any atom is -0.353 e. The standard InChI is InChI=1S/C15H19N3O2/c1-2-8-19-15(5-1)20-9-7-18-12-14(11-17-18)13-4-3-6-16-10-13/h3-4,6,10-12,15H,1-2,5,7-9H2. The van der Waals surface area contributed by atoms with E-state index in [0.717, 1.165) is 37.1 Å². The molecular formula is C15H19N3O2. The summed E-state index contributed by atoms with van der Waals surface area (Å²) in [6.45, 7) is 2.18. The predicted octanol–water partition coefficient (Wildman–Crippen LogP) is 2.49. The molecule has 5 heteroatoms. The number of aromatic nitrogens is 3. The lowest BCUT2D eigenvalue weighted by Gasteiger charge is -2.22. The third kappa shape index (κ3) is 3.43. The molecule has 2 aromatic rings. The zero-order valence-electron chi connectivity index (χ0n) is 11.4. The second-order valence-electron chi connectivity index (χ2n) is 4.90. The zero-order chi connectivity index (χ0) is 13.6. The van der Waals surface area contributed by atoms with Crippen LogP contribution in [0.15, 0.2) is 36.9 Å². The Bertz CT molecular complexity index is 521. The van der Waals surface area contributed by atoms with Crippen LogP contribution >= 0.6 is 0 Å². The Morgan fingerprint density at radius 3 is 3.10 bits per heavy atom. The molecular weight excluding hydrogens is 254 g/mol. The predicted molar refractivity (Wildman–Crippen MR) is 75.0 cm³/mol. The number of pyridine rings is 1. The average molecular weight is 273 g/mol. The minimum atomic E-state index is -0.0305. The SMILES string of the molecule is c1cncc(-c2cnn(CCOC3CCCCO3)c2)c1. The average Bonchev–Trinajstić information content (AvgIpc) is 2.98. The van der Waals surface area contributed by atoms with Gasteiger partial charge in [0.25, 0.3) is 0 Å². The van der Waals surface area contributed by atoms with Crippen molar-refractivity contribution in [2.45, 2.75) is 32.1 Å². The third-order valence-electron chi connectivity index (χ3n) is 3.39. The summed E-state index contributed by atoms with van der Waals surface area (Å²) in [7, 11) is 0. The summed E-state index contributed by atoms with van der Waals surface area (Å²) >= 11 is 0. The zero-order valence-corrected chi connectivity index (χ0v) is 11.4. The van der Waals surface area contributed by atoms with Gasteiger partial charge in [-0.15, -0.1) is 0 Å². The molecule has 0 amide bonds. The van der Waals surface area contributed by atoms with Crippen LogP contribution in [-0.4, -0.2) is 34.3 Å². The first-order chi connectivity index (χ1) is 9.92. The van der Waals surface area contributed by atoms with E-state index in [2.05, 4.69) is 10.1 Å². The van der Waals surface area contributed by atoms with Gasteiger partial charge in [-0.2, -0.15) is 5.10 Å². The number of nitrogens with zero attached hydrogens (tertiary/aromatic N) is 3. The van der Waals surface area contributed by atoms with Crippen molar-refractivity contribution in [3.8, 4) is 11.1 Å². The van der Waals surface area contributed by atoms with E-state index in [1.807, 2.05) is 35.4 Å². The molecule has 1 atom stereocenters. The Balaban J connectivity index is 1.50. The van der Waals surface area contributed by atoms with Gasteiger partial charge in [-0.1, -0.05) is 6.07 Å². The summed E-state index contributed by atoms with van der Waals surface area (Å²) in [5, 5.41) is 4.34. The van der Waals surface area contributed by atoms with E-state index in [9.17, 15) is 0 Å². The highest BCUT2D eigenvalue weighted by molar-refractivity contribution is 5.60. The number of rotatable bonds is 5. The highest BCUT2D eigenvalue weighted by atomic mass is 16.7. The van der Waals surface area contributed by atoms with Gasteiger partial charge in [-0.3, -0.25) is 9.67 Å². The molecule has 1 unspecified atom stereocenters. The van der Waals surface area contributed by atoms with Gasteiger partial charge in [0.15, 0.2) is 6.29 Å². The molecule has 1 aliphatic rings. The van der Waals surface area contributed by atoms with Crippen LogP contribution in [0.1, 0.15) is 19.3 Å². The largest absolute Gasteiger partial charge is 0.353 e. The molecule has 0 aromatic carbocycles. The van der Waals surface area contributed by atoms with Gasteiger partial charge in [0.2, 0.25) is 0 Å².